The maximum Gasteiger partial charge on any atom is 0.0314 e. The number of unbranched alkanes of at least 4 members (excludes halogenated alkanes) is 2. The minimum absolute atomic E-state index is 0.788. The summed E-state index contributed by atoms with van der Waals surface area (Å²) in [5.74, 6) is 6.33. The van der Waals surface area contributed by atoms with Gasteiger partial charge >= 0.3 is 0 Å². The van der Waals surface area contributed by atoms with Crippen LogP contribution in [0.1, 0.15) is 24.8 Å². The summed E-state index contributed by atoms with van der Waals surface area (Å²) >= 11 is 0. The van der Waals surface area contributed by atoms with E-state index in [9.17, 15) is 0 Å². The molecule has 0 heterocycles. The lowest BCUT2D eigenvalue weighted by Crippen LogP contribution is -2.12. The van der Waals surface area contributed by atoms with Crippen molar-refractivity contribution in [2.45, 2.75) is 19.3 Å². The second kappa shape index (κ2) is 6.92. The zero-order valence-electron chi connectivity index (χ0n) is 10.2. The SMILES string of the molecule is CN(C)CCCCC#Cc1ccc(N)cc1. The third-order valence-electron chi connectivity index (χ3n) is 2.30. The highest BCUT2D eigenvalue weighted by atomic mass is 15.0. The van der Waals surface area contributed by atoms with E-state index < -0.39 is 0 Å². The first-order valence-corrected chi connectivity index (χ1v) is 5.67. The average Bonchev–Trinajstić information content (AvgIpc) is 2.25. The third kappa shape index (κ3) is 5.43. The van der Waals surface area contributed by atoms with Gasteiger partial charge in [0.25, 0.3) is 0 Å². The van der Waals surface area contributed by atoms with Crippen LogP contribution in [-0.4, -0.2) is 25.5 Å². The molecule has 1 aromatic carbocycles. The van der Waals surface area contributed by atoms with E-state index in [1.807, 2.05) is 24.3 Å². The van der Waals surface area contributed by atoms with E-state index in [4.69, 9.17) is 5.73 Å². The molecule has 0 bridgehead atoms. The second-order valence-electron chi connectivity index (χ2n) is 4.18. The van der Waals surface area contributed by atoms with Crippen LogP contribution in [0.25, 0.3) is 0 Å². The highest BCUT2D eigenvalue weighted by molar-refractivity contribution is 5.44. The Hall–Kier alpha value is -1.46. The standard InChI is InChI=1S/C14H20N2/c1-16(2)12-6-4-3-5-7-13-8-10-14(15)11-9-13/h8-11H,3-4,6,12,15H2,1-2H3. The normalized spacial score (nSPS) is 9.94. The van der Waals surface area contributed by atoms with Crippen LogP contribution in [0.4, 0.5) is 5.69 Å². The Morgan fingerprint density at radius 2 is 1.81 bits per heavy atom. The number of hydrogen-bond acceptors (Lipinski definition) is 2. The Labute approximate surface area is 98.4 Å². The van der Waals surface area contributed by atoms with Gasteiger partial charge in [0.1, 0.15) is 0 Å². The van der Waals surface area contributed by atoms with Gasteiger partial charge in [-0.2, -0.15) is 0 Å². The molecule has 0 amide bonds. The molecule has 0 aliphatic rings. The maximum atomic E-state index is 5.60. The fourth-order valence-electron chi connectivity index (χ4n) is 1.37. The van der Waals surface area contributed by atoms with Crippen molar-refractivity contribution in [3.8, 4) is 11.8 Å². The van der Waals surface area contributed by atoms with Gasteiger partial charge < -0.3 is 10.6 Å². The van der Waals surface area contributed by atoms with Crippen molar-refractivity contribution in [1.82, 2.24) is 4.90 Å². The minimum Gasteiger partial charge on any atom is -0.399 e. The van der Waals surface area contributed by atoms with Crippen LogP contribution in [0.2, 0.25) is 0 Å². The molecule has 0 spiro atoms. The predicted molar refractivity (Wildman–Crippen MR) is 70.1 cm³/mol. The van der Waals surface area contributed by atoms with Gasteiger partial charge in [-0.3, -0.25) is 0 Å². The van der Waals surface area contributed by atoms with Gasteiger partial charge in [-0.25, -0.2) is 0 Å². The fraction of sp³-hybridized carbons (Fsp3) is 0.429. The van der Waals surface area contributed by atoms with Crippen LogP contribution in [0, 0.1) is 11.8 Å². The van der Waals surface area contributed by atoms with E-state index in [2.05, 4.69) is 30.8 Å². The molecular formula is C14H20N2. The highest BCUT2D eigenvalue weighted by Gasteiger charge is 1.89. The molecule has 0 atom stereocenters. The van der Waals surface area contributed by atoms with Crippen LogP contribution in [-0.2, 0) is 0 Å². The number of nitrogens with two attached hydrogens (primary N) is 1. The summed E-state index contributed by atoms with van der Waals surface area (Å²) in [6, 6.07) is 7.69. The molecule has 0 fully saturated rings. The first-order chi connectivity index (χ1) is 7.68. The quantitative estimate of drug-likeness (QED) is 0.475. The highest BCUT2D eigenvalue weighted by Crippen LogP contribution is 2.04. The molecule has 86 valence electrons. The Morgan fingerprint density at radius 1 is 1.12 bits per heavy atom. The van der Waals surface area contributed by atoms with E-state index in [1.165, 1.54) is 12.8 Å². The van der Waals surface area contributed by atoms with E-state index in [0.717, 1.165) is 24.2 Å². The molecule has 0 aliphatic heterocycles. The second-order valence-corrected chi connectivity index (χ2v) is 4.18. The van der Waals surface area contributed by atoms with Gasteiger partial charge in [0, 0.05) is 17.7 Å². The van der Waals surface area contributed by atoms with Crippen molar-refractivity contribution in [2.75, 3.05) is 26.4 Å². The van der Waals surface area contributed by atoms with Crippen LogP contribution in [0.15, 0.2) is 24.3 Å². The molecule has 2 heteroatoms. The van der Waals surface area contributed by atoms with E-state index in [0.29, 0.717) is 0 Å². The smallest absolute Gasteiger partial charge is 0.0314 e. The first kappa shape index (κ1) is 12.6. The molecule has 16 heavy (non-hydrogen) atoms. The summed E-state index contributed by atoms with van der Waals surface area (Å²) in [6.07, 6.45) is 3.35. The topological polar surface area (TPSA) is 29.3 Å². The molecule has 0 saturated heterocycles. The molecule has 1 rings (SSSR count). The largest absolute Gasteiger partial charge is 0.399 e. The Balaban J connectivity index is 2.25. The van der Waals surface area contributed by atoms with Crippen LogP contribution in [0.3, 0.4) is 0 Å². The van der Waals surface area contributed by atoms with Gasteiger partial charge in [0.2, 0.25) is 0 Å². The lowest BCUT2D eigenvalue weighted by Gasteiger charge is -2.06. The molecule has 0 aliphatic carbocycles. The molecule has 2 N–H and O–H groups in total. The number of anilines is 1. The lowest BCUT2D eigenvalue weighted by molar-refractivity contribution is 0.395. The van der Waals surface area contributed by atoms with E-state index >= 15 is 0 Å². The predicted octanol–water partition coefficient (Wildman–Crippen LogP) is 2.35. The summed E-state index contributed by atoms with van der Waals surface area (Å²) in [4.78, 5) is 2.20. The summed E-state index contributed by atoms with van der Waals surface area (Å²) in [7, 11) is 4.19. The summed E-state index contributed by atoms with van der Waals surface area (Å²) < 4.78 is 0. The van der Waals surface area contributed by atoms with Crippen LogP contribution >= 0.6 is 0 Å². The van der Waals surface area contributed by atoms with Crippen molar-refractivity contribution in [2.24, 2.45) is 0 Å². The van der Waals surface area contributed by atoms with Gasteiger partial charge in [0.15, 0.2) is 0 Å². The molecular weight excluding hydrogens is 196 g/mol. The Kier molecular flexibility index (Phi) is 5.45. The van der Waals surface area contributed by atoms with Gasteiger partial charge in [-0.15, -0.1) is 0 Å². The monoisotopic (exact) mass is 216 g/mol. The molecule has 0 radical (unpaired) electrons. The van der Waals surface area contributed by atoms with Crippen molar-refractivity contribution >= 4 is 5.69 Å². The lowest BCUT2D eigenvalue weighted by atomic mass is 10.2. The number of rotatable bonds is 4. The zero-order valence-corrected chi connectivity index (χ0v) is 10.2. The first-order valence-electron chi connectivity index (χ1n) is 5.67. The maximum absolute atomic E-state index is 5.60. The number of nitrogen functional groups attached to an aromatic ring is 1. The summed E-state index contributed by atoms with van der Waals surface area (Å²) in [5, 5.41) is 0. The Bertz CT molecular complexity index is 355. The number of benzene rings is 1. The zero-order chi connectivity index (χ0) is 11.8. The van der Waals surface area contributed by atoms with Gasteiger partial charge in [-0.1, -0.05) is 11.8 Å². The van der Waals surface area contributed by atoms with E-state index in [-0.39, 0.29) is 0 Å². The van der Waals surface area contributed by atoms with Crippen LogP contribution < -0.4 is 5.73 Å². The van der Waals surface area contributed by atoms with Gasteiger partial charge in [-0.05, 0) is 57.7 Å². The molecule has 0 unspecified atom stereocenters. The molecule has 2 nitrogen and oxygen atoms in total. The number of nitrogens with zero attached hydrogens (tertiary/aromatic N) is 1. The van der Waals surface area contributed by atoms with Crippen molar-refractivity contribution in [3.63, 3.8) is 0 Å². The molecule has 0 saturated carbocycles. The Morgan fingerprint density at radius 3 is 2.44 bits per heavy atom. The third-order valence-corrected chi connectivity index (χ3v) is 2.30. The minimum atomic E-state index is 0.788. The van der Waals surface area contributed by atoms with Crippen LogP contribution in [0.5, 0.6) is 0 Å². The van der Waals surface area contributed by atoms with Crippen molar-refractivity contribution in [3.05, 3.63) is 29.8 Å². The van der Waals surface area contributed by atoms with Crippen molar-refractivity contribution in [1.29, 1.82) is 0 Å². The van der Waals surface area contributed by atoms with Crippen molar-refractivity contribution < 1.29 is 0 Å². The average molecular weight is 216 g/mol. The molecule has 0 aromatic heterocycles. The fourth-order valence-corrected chi connectivity index (χ4v) is 1.37. The summed E-state index contributed by atoms with van der Waals surface area (Å²) in [6.45, 7) is 1.14. The van der Waals surface area contributed by atoms with E-state index in [1.54, 1.807) is 0 Å². The molecule has 1 aromatic rings. The summed E-state index contributed by atoms with van der Waals surface area (Å²) in [5.41, 5.74) is 7.43. The van der Waals surface area contributed by atoms with Gasteiger partial charge in [0.05, 0.1) is 0 Å². The number of hydrogen-bond donors (Lipinski definition) is 1.